The van der Waals surface area contributed by atoms with Crippen LogP contribution < -0.4 is 10.5 Å². The van der Waals surface area contributed by atoms with Crippen LogP contribution in [0.1, 0.15) is 11.1 Å². The quantitative estimate of drug-likeness (QED) is 0.430. The second-order valence-corrected chi connectivity index (χ2v) is 8.20. The predicted molar refractivity (Wildman–Crippen MR) is 132 cm³/mol. The minimum absolute atomic E-state index is 0.262. The molecule has 2 aromatic carbocycles. The van der Waals surface area contributed by atoms with Crippen molar-refractivity contribution in [2.45, 2.75) is 6.10 Å². The summed E-state index contributed by atoms with van der Waals surface area (Å²) in [4.78, 5) is 23.9. The molecule has 1 atom stereocenters. The number of nitrogens with zero attached hydrogens (tertiary/aromatic N) is 3. The Morgan fingerprint density at radius 2 is 1.82 bits per heavy atom. The van der Waals surface area contributed by atoms with E-state index < -0.39 is 11.7 Å². The molecule has 1 aliphatic heterocycles. The number of hydrogen-bond donors (Lipinski definition) is 4. The molecule has 8 heteroatoms. The number of benzene rings is 2. The van der Waals surface area contributed by atoms with Crippen LogP contribution in [-0.4, -0.2) is 77.4 Å². The summed E-state index contributed by atoms with van der Waals surface area (Å²) >= 11 is 0. The highest BCUT2D eigenvalue weighted by Gasteiger charge is 2.14. The van der Waals surface area contributed by atoms with E-state index in [-0.39, 0.29) is 12.5 Å². The molecule has 0 bridgehead atoms. The van der Waals surface area contributed by atoms with Crippen LogP contribution in [0.15, 0.2) is 58.3 Å². The van der Waals surface area contributed by atoms with Crippen LogP contribution in [0.5, 0.6) is 5.88 Å². The van der Waals surface area contributed by atoms with Crippen LogP contribution in [0.4, 0.5) is 11.4 Å². The zero-order chi connectivity index (χ0) is 23.4. The number of aromatic nitrogens is 1. The Balaban J connectivity index is 1.62. The number of nitrogens with one attached hydrogen (secondary N) is 1. The number of fused-ring (bicyclic) bond motifs is 1. The molecule has 0 radical (unpaired) electrons. The molecular formula is C25H28N4O4. The van der Waals surface area contributed by atoms with Gasteiger partial charge in [0.25, 0.3) is 5.56 Å². The number of aromatic hydroxyl groups is 1. The molecule has 33 heavy (non-hydrogen) atoms. The number of rotatable bonds is 6. The van der Waals surface area contributed by atoms with Gasteiger partial charge in [-0.2, -0.15) is 0 Å². The summed E-state index contributed by atoms with van der Waals surface area (Å²) in [7, 11) is 2.13. The molecule has 1 aliphatic rings. The Bertz CT molecular complexity index is 1230. The van der Waals surface area contributed by atoms with Gasteiger partial charge in [-0.05, 0) is 49.0 Å². The lowest BCUT2D eigenvalue weighted by Crippen LogP contribution is -2.44. The van der Waals surface area contributed by atoms with Gasteiger partial charge in [0, 0.05) is 48.9 Å². The topological polar surface area (TPSA) is 112 Å². The Hall–Kier alpha value is -3.46. The first-order valence-corrected chi connectivity index (χ1v) is 10.9. The minimum atomic E-state index is -0.969. The number of pyridine rings is 1. The number of aliphatic hydroxyl groups excluding tert-OH is 2. The lowest BCUT2D eigenvalue weighted by molar-refractivity contribution is 0.131. The lowest BCUT2D eigenvalue weighted by atomic mass is 10.0. The molecule has 1 fully saturated rings. The molecule has 1 unspecified atom stereocenters. The fourth-order valence-corrected chi connectivity index (χ4v) is 3.82. The van der Waals surface area contributed by atoms with Crippen molar-refractivity contribution in [2.24, 2.45) is 4.99 Å². The number of piperazine rings is 1. The molecular weight excluding hydrogens is 420 g/mol. The molecule has 4 N–H and O–H groups in total. The van der Waals surface area contributed by atoms with E-state index in [0.717, 1.165) is 37.6 Å². The van der Waals surface area contributed by atoms with Crippen LogP contribution in [0.3, 0.4) is 0 Å². The number of aliphatic hydroxyl groups is 2. The summed E-state index contributed by atoms with van der Waals surface area (Å²) in [6.45, 7) is 3.67. The highest BCUT2D eigenvalue weighted by molar-refractivity contribution is 6.02. The summed E-state index contributed by atoms with van der Waals surface area (Å²) in [6.07, 6.45) is 3.68. The van der Waals surface area contributed by atoms with Crippen LogP contribution in [0.2, 0.25) is 0 Å². The Kier molecular flexibility index (Phi) is 6.88. The number of likely N-dealkylation sites (N-methyl/N-ethyl adjacent to an activating group) is 1. The van der Waals surface area contributed by atoms with Gasteiger partial charge in [0.1, 0.15) is 0 Å². The first-order chi connectivity index (χ1) is 15.9. The minimum Gasteiger partial charge on any atom is -0.494 e. The van der Waals surface area contributed by atoms with Gasteiger partial charge in [-0.3, -0.25) is 14.8 Å². The molecule has 8 nitrogen and oxygen atoms in total. The Labute approximate surface area is 191 Å². The number of H-pyrrole nitrogens is 1. The summed E-state index contributed by atoms with van der Waals surface area (Å²) in [6, 6.07) is 13.1. The molecule has 2 heterocycles. The van der Waals surface area contributed by atoms with Crippen LogP contribution >= 0.6 is 0 Å². The van der Waals surface area contributed by atoms with Crippen molar-refractivity contribution in [1.82, 2.24) is 9.88 Å². The Morgan fingerprint density at radius 3 is 2.52 bits per heavy atom. The molecule has 1 saturated heterocycles. The van der Waals surface area contributed by atoms with E-state index in [0.29, 0.717) is 21.9 Å². The summed E-state index contributed by atoms with van der Waals surface area (Å²) < 4.78 is 0. The number of aromatic amines is 1. The highest BCUT2D eigenvalue weighted by atomic mass is 16.3. The van der Waals surface area contributed by atoms with E-state index >= 15 is 0 Å². The lowest BCUT2D eigenvalue weighted by Gasteiger charge is -2.34. The van der Waals surface area contributed by atoms with E-state index in [2.05, 4.69) is 26.8 Å². The molecule has 0 spiro atoms. The summed E-state index contributed by atoms with van der Waals surface area (Å²) in [5.41, 5.74) is 2.59. The molecule has 4 rings (SSSR count). The van der Waals surface area contributed by atoms with E-state index in [1.54, 1.807) is 24.3 Å². The van der Waals surface area contributed by atoms with Crippen molar-refractivity contribution >= 4 is 34.4 Å². The standard InChI is InChI=1S/C25H28N4O4/c1-28-10-12-29(13-11-28)19-6-4-18(5-7-19)26-15-23-22-14-17(2-8-20(31)16-30)3-9-21(22)24(32)27-25(23)33/h2-9,14-15,20,30-31H,10-13,16H2,1H3,(H2,27,32,33)/b8-2+,26-15?. The van der Waals surface area contributed by atoms with Crippen molar-refractivity contribution in [1.29, 1.82) is 0 Å². The smallest absolute Gasteiger partial charge is 0.258 e. The molecule has 1 aromatic heterocycles. The van der Waals surface area contributed by atoms with E-state index in [9.17, 15) is 15.0 Å². The molecule has 0 aliphatic carbocycles. The van der Waals surface area contributed by atoms with Gasteiger partial charge in [-0.1, -0.05) is 18.2 Å². The maximum Gasteiger partial charge on any atom is 0.258 e. The molecule has 0 amide bonds. The van der Waals surface area contributed by atoms with Crippen molar-refractivity contribution < 1.29 is 15.3 Å². The first kappa shape index (κ1) is 22.7. The highest BCUT2D eigenvalue weighted by Crippen LogP contribution is 2.25. The third-order valence-electron chi connectivity index (χ3n) is 5.82. The maximum absolute atomic E-state index is 12.3. The first-order valence-electron chi connectivity index (χ1n) is 10.9. The molecule has 3 aromatic rings. The van der Waals surface area contributed by atoms with Gasteiger partial charge in [0.05, 0.1) is 24.0 Å². The average molecular weight is 449 g/mol. The second-order valence-electron chi connectivity index (χ2n) is 8.20. The fraction of sp³-hybridized carbons (Fsp3) is 0.280. The third-order valence-corrected chi connectivity index (χ3v) is 5.82. The van der Waals surface area contributed by atoms with Crippen molar-refractivity contribution in [3.8, 4) is 5.88 Å². The molecule has 172 valence electrons. The van der Waals surface area contributed by atoms with Gasteiger partial charge in [-0.15, -0.1) is 0 Å². The van der Waals surface area contributed by atoms with Crippen LogP contribution in [-0.2, 0) is 0 Å². The zero-order valence-corrected chi connectivity index (χ0v) is 18.5. The number of aliphatic imine (C=N–C) groups is 1. The van der Waals surface area contributed by atoms with Gasteiger partial charge in [-0.25, -0.2) is 0 Å². The van der Waals surface area contributed by atoms with Crippen molar-refractivity contribution in [2.75, 3.05) is 44.7 Å². The van der Waals surface area contributed by atoms with Crippen LogP contribution in [0.25, 0.3) is 16.8 Å². The zero-order valence-electron chi connectivity index (χ0n) is 18.5. The van der Waals surface area contributed by atoms with Crippen molar-refractivity contribution in [3.63, 3.8) is 0 Å². The van der Waals surface area contributed by atoms with E-state index in [1.165, 1.54) is 12.3 Å². The van der Waals surface area contributed by atoms with E-state index in [1.807, 2.05) is 24.3 Å². The second kappa shape index (κ2) is 9.99. The van der Waals surface area contributed by atoms with Gasteiger partial charge >= 0.3 is 0 Å². The largest absolute Gasteiger partial charge is 0.494 e. The predicted octanol–water partition coefficient (Wildman–Crippen LogP) is 2.10. The fourth-order valence-electron chi connectivity index (χ4n) is 3.82. The summed E-state index contributed by atoms with van der Waals surface area (Å²) in [5, 5.41) is 29.9. The number of anilines is 1. The van der Waals surface area contributed by atoms with Gasteiger partial charge in [0.15, 0.2) is 0 Å². The van der Waals surface area contributed by atoms with Crippen molar-refractivity contribution in [3.05, 3.63) is 70.0 Å². The monoisotopic (exact) mass is 448 g/mol. The summed E-state index contributed by atoms with van der Waals surface area (Å²) in [5.74, 6) is -0.262. The van der Waals surface area contributed by atoms with Gasteiger partial charge in [0.2, 0.25) is 5.88 Å². The maximum atomic E-state index is 12.3. The molecule has 0 saturated carbocycles. The van der Waals surface area contributed by atoms with Gasteiger partial charge < -0.3 is 25.1 Å². The normalized spacial score (nSPS) is 16.3. The SMILES string of the molecule is CN1CCN(c2ccc(N=Cc3c(O)[nH]c(=O)c4ccc(/C=C/C(O)CO)cc34)cc2)CC1. The van der Waals surface area contributed by atoms with Crippen LogP contribution in [0, 0.1) is 0 Å². The number of hydrogen-bond acceptors (Lipinski definition) is 7. The van der Waals surface area contributed by atoms with E-state index in [4.69, 9.17) is 5.11 Å². The Morgan fingerprint density at radius 1 is 1.09 bits per heavy atom. The average Bonchev–Trinajstić information content (AvgIpc) is 2.83. The third kappa shape index (κ3) is 5.31.